The van der Waals surface area contributed by atoms with Crippen molar-refractivity contribution in [3.63, 3.8) is 0 Å². The number of nitrogens with one attached hydrogen (secondary N) is 1. The van der Waals surface area contributed by atoms with Crippen molar-refractivity contribution in [3.05, 3.63) is 59.8 Å². The summed E-state index contributed by atoms with van der Waals surface area (Å²) in [6, 6.07) is 15.1. The molecule has 1 fully saturated rings. The minimum Gasteiger partial charge on any atom is -0.389 e. The number of aromatic nitrogens is 3. The minimum absolute atomic E-state index is 0.246. The highest BCUT2D eigenvalue weighted by molar-refractivity contribution is 7.80. The molecule has 0 amide bonds. The van der Waals surface area contributed by atoms with E-state index in [1.54, 1.807) is 0 Å². The van der Waals surface area contributed by atoms with E-state index in [2.05, 4.69) is 63.5 Å². The fourth-order valence-electron chi connectivity index (χ4n) is 4.49. The summed E-state index contributed by atoms with van der Waals surface area (Å²) >= 11 is 6.56. The number of hydrogen-bond acceptors (Lipinski definition) is 7. The summed E-state index contributed by atoms with van der Waals surface area (Å²) in [5, 5.41) is 13.6. The standard InChI is InChI=1S/C24H26N6OS2/c1-14-9-18(7-8-31-14)30-13-20(16-3-2-4-17(11-16)22(25)32)19-6-5-15(10-21(19)30)12-27-24-29-28-23(26)33-24/h2-6,10-11,13-14,18H,7-9,12H2,1H3,(H2,25,32)(H2,26,28)(H,27,29). The zero-order valence-corrected chi connectivity index (χ0v) is 20.0. The Labute approximate surface area is 201 Å². The van der Waals surface area contributed by atoms with Gasteiger partial charge in [-0.05, 0) is 43.0 Å². The molecular formula is C24H26N6OS2. The average molecular weight is 479 g/mol. The Bertz CT molecular complexity index is 1310. The van der Waals surface area contributed by atoms with Crippen molar-refractivity contribution in [1.82, 2.24) is 14.8 Å². The predicted octanol–water partition coefficient (Wildman–Crippen LogP) is 4.73. The van der Waals surface area contributed by atoms with Gasteiger partial charge in [0.2, 0.25) is 10.3 Å². The van der Waals surface area contributed by atoms with Gasteiger partial charge in [-0.15, -0.1) is 10.2 Å². The third kappa shape index (κ3) is 4.57. The number of anilines is 2. The van der Waals surface area contributed by atoms with Crippen molar-refractivity contribution in [2.75, 3.05) is 17.7 Å². The number of nitrogens with two attached hydrogens (primary N) is 2. The molecule has 0 spiro atoms. The Morgan fingerprint density at radius 3 is 2.91 bits per heavy atom. The maximum atomic E-state index is 5.90. The zero-order chi connectivity index (χ0) is 22.9. The number of thiocarbonyl (C=S) groups is 1. The molecule has 5 rings (SSSR count). The van der Waals surface area contributed by atoms with Crippen LogP contribution in [-0.2, 0) is 11.3 Å². The number of nitrogen functional groups attached to an aromatic ring is 1. The molecule has 1 saturated heterocycles. The van der Waals surface area contributed by atoms with Crippen molar-refractivity contribution in [2.45, 2.75) is 38.5 Å². The molecule has 5 N–H and O–H groups in total. The molecule has 2 aromatic carbocycles. The van der Waals surface area contributed by atoms with E-state index in [0.29, 0.717) is 22.7 Å². The number of benzene rings is 2. The van der Waals surface area contributed by atoms with Crippen molar-refractivity contribution in [3.8, 4) is 11.1 Å². The molecule has 1 aliphatic heterocycles. The molecule has 9 heteroatoms. The van der Waals surface area contributed by atoms with Crippen LogP contribution in [0.3, 0.4) is 0 Å². The van der Waals surface area contributed by atoms with Gasteiger partial charge in [0, 0.05) is 47.4 Å². The normalized spacial score (nSPS) is 18.5. The van der Waals surface area contributed by atoms with Crippen LogP contribution in [0, 0.1) is 0 Å². The fourth-order valence-corrected chi connectivity index (χ4v) is 5.12. The van der Waals surface area contributed by atoms with Gasteiger partial charge in [-0.1, -0.05) is 53.9 Å². The van der Waals surface area contributed by atoms with Gasteiger partial charge in [0.1, 0.15) is 4.99 Å². The van der Waals surface area contributed by atoms with E-state index in [-0.39, 0.29) is 6.10 Å². The van der Waals surface area contributed by atoms with Crippen LogP contribution in [0.1, 0.15) is 36.9 Å². The summed E-state index contributed by atoms with van der Waals surface area (Å²) in [6.45, 7) is 3.57. The topological polar surface area (TPSA) is 104 Å². The van der Waals surface area contributed by atoms with Gasteiger partial charge in [-0.25, -0.2) is 0 Å². The molecule has 7 nitrogen and oxygen atoms in total. The van der Waals surface area contributed by atoms with Gasteiger partial charge < -0.3 is 26.1 Å². The largest absolute Gasteiger partial charge is 0.389 e. The lowest BCUT2D eigenvalue weighted by Gasteiger charge is -2.29. The average Bonchev–Trinajstić information content (AvgIpc) is 3.41. The summed E-state index contributed by atoms with van der Waals surface area (Å²) in [7, 11) is 0. The van der Waals surface area contributed by atoms with E-state index >= 15 is 0 Å². The Kier molecular flexibility index (Phi) is 6.01. The number of nitrogens with zero attached hydrogens (tertiary/aromatic N) is 3. The molecule has 0 saturated carbocycles. The van der Waals surface area contributed by atoms with Crippen molar-refractivity contribution >= 4 is 49.7 Å². The molecule has 2 unspecified atom stereocenters. The second-order valence-corrected chi connectivity index (χ2v) is 9.85. The van der Waals surface area contributed by atoms with E-state index in [1.165, 1.54) is 33.4 Å². The number of ether oxygens (including phenoxy) is 1. The first-order chi connectivity index (χ1) is 16.0. The van der Waals surface area contributed by atoms with Gasteiger partial charge in [-0.2, -0.15) is 0 Å². The minimum atomic E-state index is 0.246. The Hall–Kier alpha value is -3.01. The van der Waals surface area contributed by atoms with Crippen LogP contribution in [0.5, 0.6) is 0 Å². The summed E-state index contributed by atoms with van der Waals surface area (Å²) in [5.74, 6) is 0. The molecular weight excluding hydrogens is 452 g/mol. The van der Waals surface area contributed by atoms with Gasteiger partial charge in [0.15, 0.2) is 0 Å². The smallest absolute Gasteiger partial charge is 0.207 e. The lowest BCUT2D eigenvalue weighted by molar-refractivity contribution is 0.00683. The molecule has 4 aromatic rings. The van der Waals surface area contributed by atoms with Crippen molar-refractivity contribution < 1.29 is 4.74 Å². The van der Waals surface area contributed by atoms with E-state index in [1.807, 2.05) is 12.1 Å². The molecule has 2 aromatic heterocycles. The predicted molar refractivity (Wildman–Crippen MR) is 139 cm³/mol. The lowest BCUT2D eigenvalue weighted by atomic mass is 10.0. The van der Waals surface area contributed by atoms with Gasteiger partial charge in [0.05, 0.1) is 6.10 Å². The van der Waals surface area contributed by atoms with E-state index in [0.717, 1.165) is 35.7 Å². The first kappa shape index (κ1) is 21.8. The van der Waals surface area contributed by atoms with Gasteiger partial charge in [-0.3, -0.25) is 0 Å². The molecule has 170 valence electrons. The molecule has 0 radical (unpaired) electrons. The van der Waals surface area contributed by atoms with Crippen molar-refractivity contribution in [1.29, 1.82) is 0 Å². The molecule has 33 heavy (non-hydrogen) atoms. The van der Waals surface area contributed by atoms with E-state index in [9.17, 15) is 0 Å². The quantitative estimate of drug-likeness (QED) is 0.344. The summed E-state index contributed by atoms with van der Waals surface area (Å²) in [4.78, 5) is 0.407. The van der Waals surface area contributed by atoms with Crippen LogP contribution >= 0.6 is 23.6 Å². The van der Waals surface area contributed by atoms with Crippen LogP contribution in [0.15, 0.2) is 48.7 Å². The van der Waals surface area contributed by atoms with Crippen LogP contribution in [-0.4, -0.2) is 32.5 Å². The summed E-state index contributed by atoms with van der Waals surface area (Å²) in [5.41, 5.74) is 17.1. The first-order valence-electron chi connectivity index (χ1n) is 11.0. The van der Waals surface area contributed by atoms with Crippen LogP contribution in [0.25, 0.3) is 22.0 Å². The Balaban J connectivity index is 1.56. The maximum Gasteiger partial charge on any atom is 0.207 e. The van der Waals surface area contributed by atoms with Crippen LogP contribution < -0.4 is 16.8 Å². The Morgan fingerprint density at radius 2 is 2.15 bits per heavy atom. The van der Waals surface area contributed by atoms with E-state index < -0.39 is 0 Å². The first-order valence-corrected chi connectivity index (χ1v) is 12.2. The van der Waals surface area contributed by atoms with E-state index in [4.69, 9.17) is 28.4 Å². The molecule has 0 aliphatic carbocycles. The maximum absolute atomic E-state index is 5.90. The number of rotatable bonds is 6. The molecule has 3 heterocycles. The van der Waals surface area contributed by atoms with Crippen LogP contribution in [0.2, 0.25) is 0 Å². The SMILES string of the molecule is CC1CC(n2cc(-c3cccc(C(N)=S)c3)c3ccc(CNc4nnc(N)s4)cc32)CCO1. The molecule has 0 bridgehead atoms. The third-order valence-corrected chi connectivity index (χ3v) is 7.04. The number of hydrogen-bond donors (Lipinski definition) is 3. The molecule has 2 atom stereocenters. The van der Waals surface area contributed by atoms with Crippen molar-refractivity contribution in [2.24, 2.45) is 5.73 Å². The van der Waals surface area contributed by atoms with Crippen LogP contribution in [0.4, 0.5) is 10.3 Å². The highest BCUT2D eigenvalue weighted by Crippen LogP contribution is 2.37. The lowest BCUT2D eigenvalue weighted by Crippen LogP contribution is -2.25. The molecule has 1 aliphatic rings. The third-order valence-electron chi connectivity index (χ3n) is 6.09. The fraction of sp³-hybridized carbons (Fsp3) is 0.292. The second-order valence-electron chi connectivity index (χ2n) is 8.41. The van der Waals surface area contributed by atoms with Gasteiger partial charge in [0.25, 0.3) is 0 Å². The monoisotopic (exact) mass is 478 g/mol. The highest BCUT2D eigenvalue weighted by atomic mass is 32.1. The summed E-state index contributed by atoms with van der Waals surface area (Å²) < 4.78 is 8.24. The second kappa shape index (κ2) is 9.09. The summed E-state index contributed by atoms with van der Waals surface area (Å²) in [6.07, 6.45) is 4.50. The number of fused-ring (bicyclic) bond motifs is 1. The highest BCUT2D eigenvalue weighted by Gasteiger charge is 2.23. The Morgan fingerprint density at radius 1 is 1.27 bits per heavy atom. The zero-order valence-electron chi connectivity index (χ0n) is 18.3. The van der Waals surface area contributed by atoms with Gasteiger partial charge >= 0.3 is 0 Å².